The number of anilines is 1. The summed E-state index contributed by atoms with van der Waals surface area (Å²) < 4.78 is 0. The Morgan fingerprint density at radius 2 is 2.00 bits per heavy atom. The maximum Gasteiger partial charge on any atom is 0.216 e. The van der Waals surface area contributed by atoms with Crippen molar-refractivity contribution in [2.24, 2.45) is 5.92 Å². The monoisotopic (exact) mass is 393 g/mol. The fraction of sp³-hybridized carbons (Fsp3) is 0.522. The maximum absolute atomic E-state index is 11.3. The highest BCUT2D eigenvalue weighted by Crippen LogP contribution is 2.41. The van der Waals surface area contributed by atoms with Crippen molar-refractivity contribution in [3.05, 3.63) is 41.9 Å². The first-order valence-electron chi connectivity index (χ1n) is 10.5. The van der Waals surface area contributed by atoms with E-state index in [0.717, 1.165) is 48.8 Å². The molecule has 6 nitrogen and oxygen atoms in total. The summed E-state index contributed by atoms with van der Waals surface area (Å²) in [5.74, 6) is 1.96. The number of hydrogen-bond acceptors (Lipinski definition) is 5. The van der Waals surface area contributed by atoms with Crippen LogP contribution in [0.25, 0.3) is 11.3 Å². The van der Waals surface area contributed by atoms with E-state index in [1.165, 1.54) is 12.1 Å². The molecule has 29 heavy (non-hydrogen) atoms. The quantitative estimate of drug-likeness (QED) is 0.846. The van der Waals surface area contributed by atoms with Crippen molar-refractivity contribution in [1.82, 2.24) is 20.2 Å². The summed E-state index contributed by atoms with van der Waals surface area (Å²) in [5, 5.41) is 3.00. The number of aromatic nitrogens is 2. The van der Waals surface area contributed by atoms with E-state index in [1.54, 1.807) is 6.92 Å². The molecule has 1 amide bonds. The Balaban J connectivity index is 1.55. The summed E-state index contributed by atoms with van der Waals surface area (Å²) in [4.78, 5) is 25.5. The zero-order valence-corrected chi connectivity index (χ0v) is 17.9. The van der Waals surface area contributed by atoms with Gasteiger partial charge in [0, 0.05) is 63.0 Å². The number of nitrogens with zero attached hydrogens (tertiary/aromatic N) is 4. The molecule has 3 saturated heterocycles. The average molecular weight is 394 g/mol. The number of carbonyl (C=O) groups is 1. The van der Waals surface area contributed by atoms with Crippen molar-refractivity contribution in [2.45, 2.75) is 38.6 Å². The maximum atomic E-state index is 11.3. The minimum atomic E-state index is 0.0561. The number of fused-ring (bicyclic) bond motifs is 3. The fourth-order valence-corrected chi connectivity index (χ4v) is 4.81. The van der Waals surface area contributed by atoms with Crippen molar-refractivity contribution in [3.63, 3.8) is 0 Å². The molecule has 5 rings (SSSR count). The SMILES string of the molecule is CC(=O)NC[C@H]1C[C@@H]2CCN1C[C@H]2c1cc(-c2ccc(N(C)C)cc2)nc(C)n1. The lowest BCUT2D eigenvalue weighted by Gasteiger charge is -2.49. The van der Waals surface area contributed by atoms with Gasteiger partial charge in [0.05, 0.1) is 5.69 Å². The highest BCUT2D eigenvalue weighted by Gasteiger charge is 2.41. The Kier molecular flexibility index (Phi) is 5.54. The minimum Gasteiger partial charge on any atom is -0.378 e. The lowest BCUT2D eigenvalue weighted by molar-refractivity contribution is -0.119. The van der Waals surface area contributed by atoms with Crippen molar-refractivity contribution in [1.29, 1.82) is 0 Å². The third-order valence-electron chi connectivity index (χ3n) is 6.38. The third kappa shape index (κ3) is 4.27. The summed E-state index contributed by atoms with van der Waals surface area (Å²) in [6.45, 7) is 6.47. The zero-order chi connectivity index (χ0) is 20.5. The van der Waals surface area contributed by atoms with Crippen LogP contribution in [0.4, 0.5) is 5.69 Å². The van der Waals surface area contributed by atoms with E-state index >= 15 is 0 Å². The molecule has 1 unspecified atom stereocenters. The van der Waals surface area contributed by atoms with Crippen LogP contribution in [0.3, 0.4) is 0 Å². The second-order valence-electron chi connectivity index (χ2n) is 8.64. The van der Waals surface area contributed by atoms with Gasteiger partial charge < -0.3 is 10.2 Å². The molecule has 0 aliphatic carbocycles. The number of nitrogens with one attached hydrogen (secondary N) is 1. The predicted molar refractivity (Wildman–Crippen MR) is 116 cm³/mol. The first kappa shape index (κ1) is 19.8. The number of benzene rings is 1. The minimum absolute atomic E-state index is 0.0561. The summed E-state index contributed by atoms with van der Waals surface area (Å²) in [6, 6.07) is 11.2. The number of hydrogen-bond donors (Lipinski definition) is 1. The Hall–Kier alpha value is -2.47. The molecule has 154 valence electrons. The van der Waals surface area contributed by atoms with E-state index in [0.29, 0.717) is 17.9 Å². The average Bonchev–Trinajstić information content (AvgIpc) is 2.72. The van der Waals surface area contributed by atoms with Gasteiger partial charge in [-0.1, -0.05) is 12.1 Å². The summed E-state index contributed by atoms with van der Waals surface area (Å²) in [7, 11) is 4.10. The standard InChI is InChI=1S/C23H31N5O/c1-15-25-22(17-5-7-19(8-6-17)27(3)4)12-23(26-15)21-14-28-10-9-18(21)11-20(28)13-24-16(2)29/h5-8,12,18,20-21H,9-11,13-14H2,1-4H3,(H,24,29)/t18-,20+,21+/m0/s1. The van der Waals surface area contributed by atoms with Gasteiger partial charge in [-0.15, -0.1) is 0 Å². The lowest BCUT2D eigenvalue weighted by atomic mass is 9.74. The molecule has 0 saturated carbocycles. The highest BCUT2D eigenvalue weighted by atomic mass is 16.1. The third-order valence-corrected chi connectivity index (χ3v) is 6.38. The van der Waals surface area contributed by atoms with E-state index in [9.17, 15) is 4.79 Å². The molecule has 2 aromatic rings. The van der Waals surface area contributed by atoms with Crippen LogP contribution in [-0.4, -0.2) is 60.5 Å². The number of amides is 1. The van der Waals surface area contributed by atoms with E-state index in [4.69, 9.17) is 9.97 Å². The van der Waals surface area contributed by atoms with Crippen LogP contribution in [0.2, 0.25) is 0 Å². The molecule has 4 atom stereocenters. The van der Waals surface area contributed by atoms with E-state index in [2.05, 4.69) is 59.5 Å². The molecule has 3 aliphatic heterocycles. The number of aryl methyl sites for hydroxylation is 1. The fourth-order valence-electron chi connectivity index (χ4n) is 4.81. The van der Waals surface area contributed by atoms with Gasteiger partial charge in [-0.3, -0.25) is 9.69 Å². The number of piperidine rings is 3. The van der Waals surface area contributed by atoms with Crippen molar-refractivity contribution >= 4 is 11.6 Å². The van der Waals surface area contributed by atoms with Crippen molar-refractivity contribution in [3.8, 4) is 11.3 Å². The molecule has 0 spiro atoms. The predicted octanol–water partition coefficient (Wildman–Crippen LogP) is 2.83. The molecule has 1 N–H and O–H groups in total. The van der Waals surface area contributed by atoms with E-state index < -0.39 is 0 Å². The molecule has 0 radical (unpaired) electrons. The van der Waals surface area contributed by atoms with Gasteiger partial charge in [-0.25, -0.2) is 9.97 Å². The van der Waals surface area contributed by atoms with Crippen LogP contribution in [0.15, 0.2) is 30.3 Å². The van der Waals surface area contributed by atoms with Crippen molar-refractivity contribution < 1.29 is 4.79 Å². The van der Waals surface area contributed by atoms with Crippen LogP contribution in [-0.2, 0) is 4.79 Å². The first-order chi connectivity index (χ1) is 13.9. The smallest absolute Gasteiger partial charge is 0.216 e. The second kappa shape index (κ2) is 8.11. The normalized spacial score (nSPS) is 25.7. The Morgan fingerprint density at radius 3 is 2.62 bits per heavy atom. The zero-order valence-electron chi connectivity index (χ0n) is 17.9. The molecule has 2 bridgehead atoms. The van der Waals surface area contributed by atoms with Gasteiger partial charge in [-0.05, 0) is 50.4 Å². The Morgan fingerprint density at radius 1 is 1.24 bits per heavy atom. The lowest BCUT2D eigenvalue weighted by Crippen LogP contribution is -2.56. The summed E-state index contributed by atoms with van der Waals surface area (Å²) >= 11 is 0. The van der Waals surface area contributed by atoms with Crippen LogP contribution in [0.5, 0.6) is 0 Å². The highest BCUT2D eigenvalue weighted by molar-refractivity contribution is 5.72. The van der Waals surface area contributed by atoms with E-state index in [1.807, 2.05) is 6.92 Å². The van der Waals surface area contributed by atoms with Gasteiger partial charge in [-0.2, -0.15) is 0 Å². The molecule has 3 aliphatic rings. The molecular weight excluding hydrogens is 362 g/mol. The van der Waals surface area contributed by atoms with Crippen LogP contribution >= 0.6 is 0 Å². The Bertz CT molecular complexity index is 879. The van der Waals surface area contributed by atoms with Gasteiger partial charge in [0.25, 0.3) is 0 Å². The number of rotatable bonds is 5. The molecule has 6 heteroatoms. The molecule has 1 aromatic heterocycles. The first-order valence-corrected chi connectivity index (χ1v) is 10.5. The van der Waals surface area contributed by atoms with Gasteiger partial charge >= 0.3 is 0 Å². The summed E-state index contributed by atoms with van der Waals surface area (Å²) in [6.07, 6.45) is 2.33. The van der Waals surface area contributed by atoms with Crippen LogP contribution < -0.4 is 10.2 Å². The topological polar surface area (TPSA) is 61.4 Å². The van der Waals surface area contributed by atoms with Crippen LogP contribution in [0, 0.1) is 12.8 Å². The largest absolute Gasteiger partial charge is 0.378 e. The molecule has 4 heterocycles. The van der Waals surface area contributed by atoms with Gasteiger partial charge in [0.2, 0.25) is 5.91 Å². The van der Waals surface area contributed by atoms with Crippen molar-refractivity contribution in [2.75, 3.05) is 38.6 Å². The molecule has 3 fully saturated rings. The summed E-state index contributed by atoms with van der Waals surface area (Å²) in [5.41, 5.74) is 4.48. The molecule has 1 aromatic carbocycles. The second-order valence-corrected chi connectivity index (χ2v) is 8.64. The van der Waals surface area contributed by atoms with Crippen LogP contribution in [0.1, 0.15) is 37.2 Å². The number of carbonyl (C=O) groups excluding carboxylic acids is 1. The van der Waals surface area contributed by atoms with E-state index in [-0.39, 0.29) is 5.91 Å². The van der Waals surface area contributed by atoms with Gasteiger partial charge in [0.1, 0.15) is 5.82 Å². The molecular formula is C23H31N5O. The van der Waals surface area contributed by atoms with Gasteiger partial charge in [0.15, 0.2) is 0 Å². The Labute approximate surface area is 173 Å².